The van der Waals surface area contributed by atoms with Crippen LogP contribution in [0.5, 0.6) is 0 Å². The second-order valence-corrected chi connectivity index (χ2v) is 7.27. The van der Waals surface area contributed by atoms with Crippen LogP contribution in [0.1, 0.15) is 41.1 Å². The molecule has 2 aromatic rings. The number of amides is 1. The number of carboxylic acid groups (broad SMARTS) is 1. The fourth-order valence-electron chi connectivity index (χ4n) is 3.47. The Morgan fingerprint density at radius 3 is 2.03 bits per heavy atom. The number of carboxylic acids is 1. The summed E-state index contributed by atoms with van der Waals surface area (Å²) in [7, 11) is 0. The molecule has 0 aromatic heterocycles. The topological polar surface area (TPSA) is 94.9 Å². The number of aliphatic hydroxyl groups is 1. The highest BCUT2D eigenvalue weighted by molar-refractivity contribution is 6.46. The fourth-order valence-corrected chi connectivity index (χ4v) is 3.47. The van der Waals surface area contributed by atoms with E-state index in [0.29, 0.717) is 11.1 Å². The summed E-state index contributed by atoms with van der Waals surface area (Å²) in [6.45, 7) is 3.96. The first-order chi connectivity index (χ1) is 13.8. The molecule has 1 aliphatic rings. The van der Waals surface area contributed by atoms with Gasteiger partial charge in [-0.2, -0.15) is 0 Å². The number of hydrogen-bond acceptors (Lipinski definition) is 4. The van der Waals surface area contributed by atoms with Gasteiger partial charge in [-0.3, -0.25) is 14.4 Å². The Labute approximate surface area is 169 Å². The average Bonchev–Trinajstić information content (AvgIpc) is 2.93. The van der Waals surface area contributed by atoms with Gasteiger partial charge < -0.3 is 15.1 Å². The summed E-state index contributed by atoms with van der Waals surface area (Å²) in [5.41, 5.74) is 3.20. The van der Waals surface area contributed by atoms with E-state index in [1.54, 1.807) is 12.1 Å². The minimum atomic E-state index is -0.965. The largest absolute Gasteiger partial charge is 0.507 e. The minimum absolute atomic E-state index is 0.0260. The number of Topliss-reactive ketones (excluding diaryl/α,β-unsaturated/α-hetero) is 1. The van der Waals surface area contributed by atoms with E-state index >= 15 is 0 Å². The maximum Gasteiger partial charge on any atom is 0.303 e. The van der Waals surface area contributed by atoms with Gasteiger partial charge in [0.25, 0.3) is 11.7 Å². The van der Waals surface area contributed by atoms with E-state index in [4.69, 9.17) is 5.11 Å². The number of carbonyl (C=O) groups excluding carboxylic acids is 2. The third kappa shape index (κ3) is 4.21. The lowest BCUT2D eigenvalue weighted by molar-refractivity contribution is -0.140. The number of aliphatic hydroxyl groups excluding tert-OH is 1. The minimum Gasteiger partial charge on any atom is -0.507 e. The van der Waals surface area contributed by atoms with Gasteiger partial charge in [-0.05, 0) is 25.8 Å². The van der Waals surface area contributed by atoms with Crippen molar-refractivity contribution in [3.05, 3.63) is 76.4 Å². The fraction of sp³-hybridized carbons (Fsp3) is 0.261. The Morgan fingerprint density at radius 2 is 1.48 bits per heavy atom. The first-order valence-corrected chi connectivity index (χ1v) is 9.43. The van der Waals surface area contributed by atoms with E-state index in [9.17, 15) is 19.5 Å². The third-order valence-corrected chi connectivity index (χ3v) is 5.05. The van der Waals surface area contributed by atoms with Crippen LogP contribution in [-0.2, 0) is 14.4 Å². The van der Waals surface area contributed by atoms with E-state index in [1.807, 2.05) is 50.2 Å². The van der Waals surface area contributed by atoms with Gasteiger partial charge in [-0.1, -0.05) is 59.7 Å². The standard InChI is InChI=1S/C23H23NO5/c1-14-5-9-16(10-6-14)20-19(21(27)17-11-7-15(2)8-12-17)22(28)23(29)24(20)13-3-4-18(25)26/h5-12,20,27H,3-4,13H2,1-2H3,(H,25,26). The highest BCUT2D eigenvalue weighted by Crippen LogP contribution is 2.39. The molecule has 3 rings (SSSR count). The Kier molecular flexibility index (Phi) is 5.82. The number of aliphatic carboxylic acids is 1. The number of rotatable bonds is 6. The zero-order valence-corrected chi connectivity index (χ0v) is 16.4. The van der Waals surface area contributed by atoms with Gasteiger partial charge in [0, 0.05) is 18.5 Å². The van der Waals surface area contributed by atoms with E-state index in [1.165, 1.54) is 4.90 Å². The summed E-state index contributed by atoms with van der Waals surface area (Å²) in [6, 6.07) is 13.7. The molecule has 0 saturated carbocycles. The number of likely N-dealkylation sites (tertiary alicyclic amines) is 1. The lowest BCUT2D eigenvalue weighted by atomic mass is 9.94. The number of nitrogens with zero attached hydrogens (tertiary/aromatic N) is 1. The van der Waals surface area contributed by atoms with E-state index < -0.39 is 23.7 Å². The lowest BCUT2D eigenvalue weighted by Crippen LogP contribution is -2.31. The van der Waals surface area contributed by atoms with E-state index in [0.717, 1.165) is 11.1 Å². The molecular formula is C23H23NO5. The zero-order valence-electron chi connectivity index (χ0n) is 16.4. The van der Waals surface area contributed by atoms with Crippen LogP contribution in [0, 0.1) is 13.8 Å². The van der Waals surface area contributed by atoms with Crippen LogP contribution < -0.4 is 0 Å². The van der Waals surface area contributed by atoms with Gasteiger partial charge in [0.05, 0.1) is 11.6 Å². The summed E-state index contributed by atoms with van der Waals surface area (Å²) < 4.78 is 0. The Bertz CT molecular complexity index is 973. The van der Waals surface area contributed by atoms with Crippen molar-refractivity contribution >= 4 is 23.4 Å². The first-order valence-electron chi connectivity index (χ1n) is 9.43. The van der Waals surface area contributed by atoms with Gasteiger partial charge in [-0.25, -0.2) is 0 Å². The molecule has 0 radical (unpaired) electrons. The molecule has 1 fully saturated rings. The summed E-state index contributed by atoms with van der Waals surface area (Å²) >= 11 is 0. The molecule has 2 N–H and O–H groups in total. The Morgan fingerprint density at radius 1 is 0.931 bits per heavy atom. The number of ketones is 1. The number of hydrogen-bond donors (Lipinski definition) is 2. The van der Waals surface area contributed by atoms with Crippen LogP contribution >= 0.6 is 0 Å². The smallest absolute Gasteiger partial charge is 0.303 e. The summed E-state index contributed by atoms with van der Waals surface area (Å²) in [5.74, 6) is -2.68. The SMILES string of the molecule is Cc1ccc(C(O)=C2C(=O)C(=O)N(CCCC(=O)O)C2c2ccc(C)cc2)cc1. The first kappa shape index (κ1) is 20.3. The number of benzene rings is 2. The third-order valence-electron chi connectivity index (χ3n) is 5.05. The summed E-state index contributed by atoms with van der Waals surface area (Å²) in [5, 5.41) is 19.8. The van der Waals surface area contributed by atoms with Crippen molar-refractivity contribution in [1.29, 1.82) is 0 Å². The quantitative estimate of drug-likeness (QED) is 0.444. The predicted octanol–water partition coefficient (Wildman–Crippen LogP) is 3.59. The van der Waals surface area contributed by atoms with Gasteiger partial charge in [0.2, 0.25) is 0 Å². The van der Waals surface area contributed by atoms with Crippen molar-refractivity contribution in [2.45, 2.75) is 32.7 Å². The van der Waals surface area contributed by atoms with Crippen LogP contribution in [-0.4, -0.2) is 39.3 Å². The van der Waals surface area contributed by atoms with Crippen LogP contribution in [0.15, 0.2) is 54.1 Å². The van der Waals surface area contributed by atoms with Gasteiger partial charge in [0.15, 0.2) is 0 Å². The van der Waals surface area contributed by atoms with Gasteiger partial charge in [0.1, 0.15) is 5.76 Å². The van der Waals surface area contributed by atoms with Crippen LogP contribution in [0.3, 0.4) is 0 Å². The van der Waals surface area contributed by atoms with Crippen molar-refractivity contribution in [2.75, 3.05) is 6.54 Å². The van der Waals surface area contributed by atoms with E-state index in [2.05, 4.69) is 0 Å². The zero-order chi connectivity index (χ0) is 21.1. The molecule has 1 aliphatic heterocycles. The normalized spacial score (nSPS) is 18.3. The summed E-state index contributed by atoms with van der Waals surface area (Å²) in [6.07, 6.45) is 0.108. The molecule has 6 nitrogen and oxygen atoms in total. The molecule has 0 spiro atoms. The van der Waals surface area contributed by atoms with Crippen molar-refractivity contribution < 1.29 is 24.6 Å². The molecule has 1 atom stereocenters. The Hall–Kier alpha value is -3.41. The van der Waals surface area contributed by atoms with Gasteiger partial charge >= 0.3 is 5.97 Å². The van der Waals surface area contributed by atoms with Crippen LogP contribution in [0.2, 0.25) is 0 Å². The molecule has 1 unspecified atom stereocenters. The second kappa shape index (κ2) is 8.31. The van der Waals surface area contributed by atoms with Crippen molar-refractivity contribution in [3.8, 4) is 0 Å². The molecule has 0 aliphatic carbocycles. The number of carbonyl (C=O) groups is 3. The maximum atomic E-state index is 12.8. The van der Waals surface area contributed by atoms with Crippen molar-refractivity contribution in [2.24, 2.45) is 0 Å². The Balaban J connectivity index is 2.08. The molecule has 150 valence electrons. The highest BCUT2D eigenvalue weighted by Gasteiger charge is 2.45. The predicted molar refractivity (Wildman–Crippen MR) is 108 cm³/mol. The van der Waals surface area contributed by atoms with E-state index in [-0.39, 0.29) is 30.7 Å². The summed E-state index contributed by atoms with van der Waals surface area (Å²) in [4.78, 5) is 37.8. The number of aryl methyl sites for hydroxylation is 2. The van der Waals surface area contributed by atoms with Crippen LogP contribution in [0.25, 0.3) is 5.76 Å². The molecule has 1 saturated heterocycles. The molecule has 2 aromatic carbocycles. The van der Waals surface area contributed by atoms with Gasteiger partial charge in [-0.15, -0.1) is 0 Å². The molecule has 1 heterocycles. The van der Waals surface area contributed by atoms with Crippen LogP contribution in [0.4, 0.5) is 0 Å². The highest BCUT2D eigenvalue weighted by atomic mass is 16.4. The molecule has 0 bridgehead atoms. The van der Waals surface area contributed by atoms with Crippen molar-refractivity contribution in [1.82, 2.24) is 4.90 Å². The van der Waals surface area contributed by atoms with Crippen molar-refractivity contribution in [3.63, 3.8) is 0 Å². The molecule has 1 amide bonds. The average molecular weight is 393 g/mol. The lowest BCUT2D eigenvalue weighted by Gasteiger charge is -2.25. The molecule has 6 heteroatoms. The monoisotopic (exact) mass is 393 g/mol. The molecule has 29 heavy (non-hydrogen) atoms. The second-order valence-electron chi connectivity index (χ2n) is 7.27. The maximum absolute atomic E-state index is 12.8. The molecular weight excluding hydrogens is 370 g/mol.